The number of ketones is 1. The fraction of sp³-hybridized carbons (Fsp3) is 0.148. The first-order chi connectivity index (χ1) is 16.7. The number of benzene rings is 3. The minimum Gasteiger partial charge on any atom is -0.449 e. The van der Waals surface area contributed by atoms with Crippen LogP contribution in [0.5, 0.6) is 0 Å². The summed E-state index contributed by atoms with van der Waals surface area (Å²) in [7, 11) is 0. The van der Waals surface area contributed by atoms with E-state index in [9.17, 15) is 24.0 Å². The number of esters is 1. The van der Waals surface area contributed by atoms with Gasteiger partial charge in [-0.1, -0.05) is 24.3 Å². The summed E-state index contributed by atoms with van der Waals surface area (Å²) < 4.78 is 5.26. The van der Waals surface area contributed by atoms with Gasteiger partial charge in [-0.05, 0) is 67.9 Å². The van der Waals surface area contributed by atoms with Gasteiger partial charge in [0.1, 0.15) is 0 Å². The van der Waals surface area contributed by atoms with E-state index in [1.807, 2.05) is 0 Å². The number of Topliss-reactive ketones (excluding diaryl/α,β-unsaturated/α-hetero) is 1. The first-order valence-electron chi connectivity index (χ1n) is 10.9. The average molecular weight is 470 g/mol. The van der Waals surface area contributed by atoms with Crippen LogP contribution < -0.4 is 5.32 Å². The summed E-state index contributed by atoms with van der Waals surface area (Å²) in [5.41, 5.74) is 2.63. The van der Waals surface area contributed by atoms with Crippen LogP contribution in [-0.4, -0.2) is 40.5 Å². The number of hydrogen-bond acceptors (Lipinski definition) is 6. The molecule has 0 saturated heterocycles. The molecular formula is C27H22N2O6. The van der Waals surface area contributed by atoms with Crippen molar-refractivity contribution in [2.24, 2.45) is 0 Å². The number of ether oxygens (including phenoxy) is 1. The summed E-state index contributed by atoms with van der Waals surface area (Å²) in [5.74, 6) is -2.00. The van der Waals surface area contributed by atoms with Crippen LogP contribution in [0.3, 0.4) is 0 Å². The normalized spacial score (nSPS) is 13.3. The highest BCUT2D eigenvalue weighted by atomic mass is 16.5. The predicted molar refractivity (Wildman–Crippen MR) is 127 cm³/mol. The first kappa shape index (κ1) is 23.6. The first-order valence-corrected chi connectivity index (χ1v) is 10.9. The van der Waals surface area contributed by atoms with Crippen molar-refractivity contribution in [2.75, 3.05) is 5.32 Å². The Hall–Kier alpha value is -4.59. The van der Waals surface area contributed by atoms with Crippen molar-refractivity contribution in [1.29, 1.82) is 0 Å². The van der Waals surface area contributed by atoms with Crippen molar-refractivity contribution >= 4 is 35.2 Å². The molecule has 176 valence electrons. The Balaban J connectivity index is 1.34. The molecule has 1 aliphatic rings. The number of nitrogens with zero attached hydrogens (tertiary/aromatic N) is 1. The van der Waals surface area contributed by atoms with Crippen molar-refractivity contribution in [2.45, 2.75) is 26.5 Å². The fourth-order valence-electron chi connectivity index (χ4n) is 3.63. The maximum absolute atomic E-state index is 12.5. The van der Waals surface area contributed by atoms with Gasteiger partial charge in [-0.25, -0.2) is 4.79 Å². The van der Waals surface area contributed by atoms with Crippen LogP contribution in [0.25, 0.3) is 0 Å². The topological polar surface area (TPSA) is 110 Å². The molecule has 3 aromatic carbocycles. The number of nitrogens with one attached hydrogen (secondary N) is 1. The lowest BCUT2D eigenvalue weighted by atomic mass is 10.1. The van der Waals surface area contributed by atoms with Gasteiger partial charge >= 0.3 is 5.97 Å². The van der Waals surface area contributed by atoms with Gasteiger partial charge in [0.25, 0.3) is 17.7 Å². The molecule has 0 radical (unpaired) electrons. The number of carbonyl (C=O) groups is 5. The molecule has 0 aliphatic carbocycles. The molecule has 1 unspecified atom stereocenters. The largest absolute Gasteiger partial charge is 0.449 e. The smallest absolute Gasteiger partial charge is 0.338 e. The molecule has 0 fully saturated rings. The third-order valence-electron chi connectivity index (χ3n) is 5.62. The summed E-state index contributed by atoms with van der Waals surface area (Å²) in [4.78, 5) is 62.4. The zero-order valence-corrected chi connectivity index (χ0v) is 19.1. The lowest BCUT2D eigenvalue weighted by Gasteiger charge is -2.15. The van der Waals surface area contributed by atoms with E-state index in [1.54, 1.807) is 60.7 Å². The quantitative estimate of drug-likeness (QED) is 0.319. The van der Waals surface area contributed by atoms with Gasteiger partial charge in [-0.15, -0.1) is 0 Å². The molecule has 0 saturated carbocycles. The minimum atomic E-state index is -1.06. The number of rotatable bonds is 7. The van der Waals surface area contributed by atoms with Crippen LogP contribution in [0.15, 0.2) is 72.8 Å². The van der Waals surface area contributed by atoms with E-state index in [-0.39, 0.29) is 29.7 Å². The predicted octanol–water partition coefficient (Wildman–Crippen LogP) is 3.87. The molecule has 1 atom stereocenters. The van der Waals surface area contributed by atoms with Crippen molar-refractivity contribution in [1.82, 2.24) is 4.90 Å². The molecule has 4 rings (SSSR count). The summed E-state index contributed by atoms with van der Waals surface area (Å²) in [6.45, 7) is 2.98. The van der Waals surface area contributed by atoms with Crippen LogP contribution in [0.1, 0.15) is 60.8 Å². The molecule has 0 aromatic heterocycles. The van der Waals surface area contributed by atoms with E-state index < -0.39 is 18.0 Å². The molecule has 0 bridgehead atoms. The monoisotopic (exact) mass is 470 g/mol. The SMILES string of the molecule is CC(=O)c1ccc(NC(=O)C(C)OC(=O)c2ccc(CN3C(=O)c4ccccc4C3=O)cc2)cc1. The van der Waals surface area contributed by atoms with E-state index in [0.29, 0.717) is 27.9 Å². The van der Waals surface area contributed by atoms with Crippen molar-refractivity contribution in [3.05, 3.63) is 101 Å². The highest BCUT2D eigenvalue weighted by Gasteiger charge is 2.35. The number of fused-ring (bicyclic) bond motifs is 1. The average Bonchev–Trinajstić information content (AvgIpc) is 3.09. The highest BCUT2D eigenvalue weighted by Crippen LogP contribution is 2.24. The van der Waals surface area contributed by atoms with E-state index >= 15 is 0 Å². The van der Waals surface area contributed by atoms with Gasteiger partial charge in [0.05, 0.1) is 23.2 Å². The number of anilines is 1. The molecule has 8 heteroatoms. The number of imide groups is 1. The van der Waals surface area contributed by atoms with Gasteiger partial charge in [0, 0.05) is 11.3 Å². The number of amides is 3. The second-order valence-corrected chi connectivity index (χ2v) is 8.11. The molecule has 1 aliphatic heterocycles. The van der Waals surface area contributed by atoms with E-state index in [2.05, 4.69) is 5.32 Å². The Morgan fingerprint density at radius 2 is 1.37 bits per heavy atom. The Morgan fingerprint density at radius 3 is 1.91 bits per heavy atom. The van der Waals surface area contributed by atoms with Crippen LogP contribution in [0.4, 0.5) is 5.69 Å². The van der Waals surface area contributed by atoms with Crippen molar-refractivity contribution < 1.29 is 28.7 Å². The molecule has 35 heavy (non-hydrogen) atoms. The van der Waals surface area contributed by atoms with Crippen LogP contribution in [0.2, 0.25) is 0 Å². The third kappa shape index (κ3) is 5.01. The molecule has 8 nitrogen and oxygen atoms in total. The second kappa shape index (κ2) is 9.72. The van der Waals surface area contributed by atoms with Gasteiger partial charge in [-0.3, -0.25) is 24.1 Å². The van der Waals surface area contributed by atoms with Gasteiger partial charge in [-0.2, -0.15) is 0 Å². The van der Waals surface area contributed by atoms with Crippen LogP contribution >= 0.6 is 0 Å². The zero-order chi connectivity index (χ0) is 25.1. The number of carbonyl (C=O) groups excluding carboxylic acids is 5. The standard InChI is InChI=1S/C27H22N2O6/c1-16(30)19-11-13-21(14-12-19)28-24(31)17(2)35-27(34)20-9-7-18(8-10-20)15-29-25(32)22-5-3-4-6-23(22)26(29)33/h3-14,17H,15H2,1-2H3,(H,28,31). The maximum Gasteiger partial charge on any atom is 0.338 e. The summed E-state index contributed by atoms with van der Waals surface area (Å²) in [6, 6.07) is 19.3. The molecule has 3 aromatic rings. The molecule has 1 N–H and O–H groups in total. The Morgan fingerprint density at radius 1 is 0.829 bits per heavy atom. The zero-order valence-electron chi connectivity index (χ0n) is 19.1. The van der Waals surface area contributed by atoms with Crippen LogP contribution in [-0.2, 0) is 16.1 Å². The van der Waals surface area contributed by atoms with Crippen LogP contribution in [0, 0.1) is 0 Å². The van der Waals surface area contributed by atoms with Crippen molar-refractivity contribution in [3.8, 4) is 0 Å². The molecular weight excluding hydrogens is 448 g/mol. The third-order valence-corrected chi connectivity index (χ3v) is 5.62. The van der Waals surface area contributed by atoms with Gasteiger partial charge < -0.3 is 10.1 Å². The molecule has 1 heterocycles. The Kier molecular flexibility index (Phi) is 6.55. The molecule has 3 amide bonds. The maximum atomic E-state index is 12.5. The summed E-state index contributed by atoms with van der Waals surface area (Å²) in [5, 5.41) is 2.63. The van der Waals surface area contributed by atoms with Gasteiger partial charge in [0.2, 0.25) is 0 Å². The number of hydrogen-bond donors (Lipinski definition) is 1. The minimum absolute atomic E-state index is 0.0723. The van der Waals surface area contributed by atoms with E-state index in [0.717, 1.165) is 4.90 Å². The lowest BCUT2D eigenvalue weighted by molar-refractivity contribution is -0.123. The molecule has 0 spiro atoms. The summed E-state index contributed by atoms with van der Waals surface area (Å²) in [6.07, 6.45) is -1.06. The van der Waals surface area contributed by atoms with E-state index in [1.165, 1.54) is 26.0 Å². The lowest BCUT2D eigenvalue weighted by Crippen LogP contribution is -2.30. The highest BCUT2D eigenvalue weighted by molar-refractivity contribution is 6.21. The second-order valence-electron chi connectivity index (χ2n) is 8.11. The van der Waals surface area contributed by atoms with Gasteiger partial charge in [0.15, 0.2) is 11.9 Å². The van der Waals surface area contributed by atoms with Crippen molar-refractivity contribution in [3.63, 3.8) is 0 Å². The summed E-state index contributed by atoms with van der Waals surface area (Å²) >= 11 is 0. The Bertz CT molecular complexity index is 1290. The Labute approximate surface area is 201 Å². The van der Waals surface area contributed by atoms with E-state index in [4.69, 9.17) is 4.74 Å². The fourth-order valence-corrected chi connectivity index (χ4v) is 3.63.